The van der Waals surface area contributed by atoms with Crippen LogP contribution in [-0.4, -0.2) is 57.2 Å². The van der Waals surface area contributed by atoms with Gasteiger partial charge in [0.2, 0.25) is 5.91 Å². The lowest BCUT2D eigenvalue weighted by atomic mass is 9.43. The Kier molecular flexibility index (Phi) is 5.54. The van der Waals surface area contributed by atoms with Gasteiger partial charge in [-0.2, -0.15) is 0 Å². The summed E-state index contributed by atoms with van der Waals surface area (Å²) in [7, 11) is 0. The quantitative estimate of drug-likeness (QED) is 0.407. The Morgan fingerprint density at radius 1 is 1.15 bits per heavy atom. The first kappa shape index (κ1) is 20.1. The third-order valence-corrected chi connectivity index (χ3v) is 10.1. The second-order valence-electron chi connectivity index (χ2n) is 11.6. The molecule has 0 aliphatic heterocycles. The molecule has 11 atom stereocenters. The first-order valence-corrected chi connectivity index (χ1v) is 12.5. The minimum Gasteiger partial charge on any atom is -0.480 e. The highest BCUT2D eigenvalue weighted by Crippen LogP contribution is 2.68. The fourth-order valence-corrected chi connectivity index (χ4v) is 8.26. The smallest absolute Gasteiger partial charge is 0.322 e. The highest BCUT2D eigenvalue weighted by molar-refractivity contribution is 5.81. The number of aliphatic carboxylic acids is 1. The molecule has 7 nitrogen and oxygen atoms in total. The molecule has 4 aliphatic carbocycles. The SMILES string of the molecule is [2H]C1([2H])C[C@@]2(C)C(C[C@@H](O)[C@H]3[C@@H]4CC[C@H]([C@H](C)CCC(=O)NCC(=O)O)[C@@]4(C)[C@@H](O)C[C@@H]32)C([2H])([2H])[C@@H]1O. The summed E-state index contributed by atoms with van der Waals surface area (Å²) in [5.41, 5.74) is -1.32. The number of carbonyl (C=O) groups is 2. The summed E-state index contributed by atoms with van der Waals surface area (Å²) < 4.78 is 34.1. The van der Waals surface area contributed by atoms with E-state index < -0.39 is 60.3 Å². The Morgan fingerprint density at radius 3 is 2.58 bits per heavy atom. The molecule has 4 saturated carbocycles. The molecule has 1 unspecified atom stereocenters. The van der Waals surface area contributed by atoms with E-state index >= 15 is 0 Å². The molecule has 0 aromatic rings. The molecule has 0 bridgehead atoms. The molecule has 7 heteroatoms. The number of hydrogen-bond donors (Lipinski definition) is 5. The fraction of sp³-hybridized carbons (Fsp3) is 0.923. The molecule has 1 amide bonds. The van der Waals surface area contributed by atoms with Crippen molar-refractivity contribution in [3.05, 3.63) is 0 Å². The summed E-state index contributed by atoms with van der Waals surface area (Å²) in [5.74, 6) is -2.43. The van der Waals surface area contributed by atoms with E-state index in [9.17, 15) is 24.9 Å². The zero-order chi connectivity index (χ0) is 27.7. The second kappa shape index (κ2) is 9.12. The van der Waals surface area contributed by atoms with Crippen LogP contribution in [0.3, 0.4) is 0 Å². The Hall–Kier alpha value is -1.18. The lowest BCUT2D eigenvalue weighted by Crippen LogP contribution is -2.62. The first-order chi connectivity index (χ1) is 17.0. The molecule has 188 valence electrons. The Morgan fingerprint density at radius 2 is 1.88 bits per heavy atom. The molecule has 4 rings (SSSR count). The normalized spacial score (nSPS) is 52.5. The molecule has 0 heterocycles. The number of fused-ring (bicyclic) bond motifs is 5. The van der Waals surface area contributed by atoms with Crippen molar-refractivity contribution >= 4 is 11.9 Å². The molecule has 5 N–H and O–H groups in total. The lowest BCUT2D eigenvalue weighted by molar-refractivity contribution is -0.207. The Labute approximate surface area is 203 Å². The van der Waals surface area contributed by atoms with E-state index in [1.807, 2.05) is 6.92 Å². The number of hydrogen-bond acceptors (Lipinski definition) is 5. The van der Waals surface area contributed by atoms with Gasteiger partial charge in [0.25, 0.3) is 0 Å². The molecule has 33 heavy (non-hydrogen) atoms. The summed E-state index contributed by atoms with van der Waals surface area (Å²) in [5, 5.41) is 44.8. The zero-order valence-corrected chi connectivity index (χ0v) is 20.0. The number of aliphatic hydroxyl groups excluding tert-OH is 3. The van der Waals surface area contributed by atoms with Gasteiger partial charge < -0.3 is 25.7 Å². The van der Waals surface area contributed by atoms with Gasteiger partial charge in [-0.25, -0.2) is 0 Å². The van der Waals surface area contributed by atoms with Crippen molar-refractivity contribution in [2.75, 3.05) is 6.54 Å². The first-order valence-electron chi connectivity index (χ1n) is 14.5. The minimum atomic E-state index is -2.19. The van der Waals surface area contributed by atoms with E-state index in [4.69, 9.17) is 10.6 Å². The van der Waals surface area contributed by atoms with Crippen LogP contribution in [-0.2, 0) is 9.59 Å². The van der Waals surface area contributed by atoms with Crippen molar-refractivity contribution in [1.82, 2.24) is 5.32 Å². The summed E-state index contributed by atoms with van der Waals surface area (Å²) in [6.45, 7) is 5.61. The second-order valence-corrected chi connectivity index (χ2v) is 11.6. The van der Waals surface area contributed by atoms with Crippen LogP contribution in [0.4, 0.5) is 0 Å². The van der Waals surface area contributed by atoms with Gasteiger partial charge in [0.05, 0.1) is 18.3 Å². The highest BCUT2D eigenvalue weighted by Gasteiger charge is 2.65. The van der Waals surface area contributed by atoms with Gasteiger partial charge in [-0.1, -0.05) is 20.8 Å². The molecule has 0 aromatic carbocycles. The van der Waals surface area contributed by atoms with Gasteiger partial charge in [0, 0.05) is 11.9 Å². The van der Waals surface area contributed by atoms with Crippen molar-refractivity contribution in [2.45, 2.75) is 96.8 Å². The third kappa shape index (κ3) is 4.23. The summed E-state index contributed by atoms with van der Waals surface area (Å²) in [6.07, 6.45) is -4.75. The molecule has 0 spiro atoms. The van der Waals surface area contributed by atoms with Crippen LogP contribution in [0.5, 0.6) is 0 Å². The van der Waals surface area contributed by atoms with Crippen molar-refractivity contribution in [3.8, 4) is 0 Å². The summed E-state index contributed by atoms with van der Waals surface area (Å²) in [4.78, 5) is 22.8. The highest BCUT2D eigenvalue weighted by atomic mass is 16.4. The largest absolute Gasteiger partial charge is 0.480 e. The van der Waals surface area contributed by atoms with Crippen molar-refractivity contribution in [3.63, 3.8) is 0 Å². The molecule has 0 saturated heterocycles. The van der Waals surface area contributed by atoms with Crippen LogP contribution < -0.4 is 5.32 Å². The van der Waals surface area contributed by atoms with E-state index in [1.165, 1.54) is 0 Å². The number of nitrogens with one attached hydrogen (secondary N) is 1. The van der Waals surface area contributed by atoms with Crippen molar-refractivity contribution in [1.29, 1.82) is 0 Å². The number of carboxylic acids is 1. The van der Waals surface area contributed by atoms with Gasteiger partial charge in [0.1, 0.15) is 6.54 Å². The maximum atomic E-state index is 12.1. The molecule has 0 aromatic heterocycles. The van der Waals surface area contributed by atoms with Crippen molar-refractivity contribution < 1.29 is 35.5 Å². The average Bonchev–Trinajstić information content (AvgIpc) is 3.15. The van der Waals surface area contributed by atoms with E-state index in [2.05, 4.69) is 19.2 Å². The topological polar surface area (TPSA) is 127 Å². The lowest BCUT2D eigenvalue weighted by Gasteiger charge is -2.63. The van der Waals surface area contributed by atoms with Crippen LogP contribution in [0.25, 0.3) is 0 Å². The van der Waals surface area contributed by atoms with Gasteiger partial charge >= 0.3 is 5.97 Å². The monoisotopic (exact) mass is 469 g/mol. The fourth-order valence-electron chi connectivity index (χ4n) is 8.26. The van der Waals surface area contributed by atoms with Crippen LogP contribution in [0.15, 0.2) is 0 Å². The van der Waals surface area contributed by atoms with E-state index in [-0.39, 0.29) is 54.8 Å². The number of rotatable bonds is 6. The Bertz CT molecular complexity index is 919. The maximum Gasteiger partial charge on any atom is 0.322 e. The number of carbonyl (C=O) groups excluding carboxylic acids is 1. The summed E-state index contributed by atoms with van der Waals surface area (Å²) in [6, 6.07) is 0. The average molecular weight is 470 g/mol. The standard InChI is InChI=1S/C26H43NO6/c1-14(4-7-22(31)27-13-23(32)33)17-5-6-18-24-19(12-21(30)26(17,18)3)25(2)9-8-16(28)10-15(25)11-20(24)29/h14-21,24,28-30H,4-13H2,1-3H3,(H,27,31)(H,32,33)/t14-,15?,16-,17-,18+,19+,20-,21+,24+,25+,26-/m1/s1/i8D2,10D2. The van der Waals surface area contributed by atoms with E-state index in [0.717, 1.165) is 12.8 Å². The maximum absolute atomic E-state index is 12.1. The molecular weight excluding hydrogens is 422 g/mol. The van der Waals surface area contributed by atoms with E-state index in [1.54, 1.807) is 0 Å². The number of carboxylic acid groups (broad SMARTS) is 1. The van der Waals surface area contributed by atoms with Crippen LogP contribution >= 0.6 is 0 Å². The summed E-state index contributed by atoms with van der Waals surface area (Å²) >= 11 is 0. The Balaban J connectivity index is 1.57. The number of aliphatic hydroxyl groups is 3. The third-order valence-electron chi connectivity index (χ3n) is 10.1. The van der Waals surface area contributed by atoms with Gasteiger partial charge in [-0.05, 0) is 97.6 Å². The molecule has 4 aliphatic rings. The van der Waals surface area contributed by atoms with Gasteiger partial charge in [-0.3, -0.25) is 9.59 Å². The molecule has 4 fully saturated rings. The van der Waals surface area contributed by atoms with Gasteiger partial charge in [-0.15, -0.1) is 0 Å². The molecular formula is C26H43NO6. The number of amides is 1. The van der Waals surface area contributed by atoms with Crippen LogP contribution in [0, 0.1) is 46.3 Å². The van der Waals surface area contributed by atoms with E-state index in [0.29, 0.717) is 12.8 Å². The molecule has 0 radical (unpaired) electrons. The minimum absolute atomic E-state index is 0.0132. The predicted molar refractivity (Wildman–Crippen MR) is 123 cm³/mol. The van der Waals surface area contributed by atoms with Crippen molar-refractivity contribution in [2.24, 2.45) is 46.3 Å². The van der Waals surface area contributed by atoms with Gasteiger partial charge in [0.15, 0.2) is 0 Å². The zero-order valence-electron chi connectivity index (χ0n) is 24.0. The predicted octanol–water partition coefficient (Wildman–Crippen LogP) is 2.56. The van der Waals surface area contributed by atoms with Crippen LogP contribution in [0.1, 0.15) is 83.9 Å². The van der Waals surface area contributed by atoms with Crippen LogP contribution in [0.2, 0.25) is 0 Å².